The van der Waals surface area contributed by atoms with Gasteiger partial charge in [0, 0.05) is 0 Å². The number of rotatable bonds is 5. The van der Waals surface area contributed by atoms with Crippen LogP contribution in [0.15, 0.2) is 30.3 Å². The molecule has 156 valence electrons. The molecule has 2 saturated heterocycles. The first-order valence-corrected chi connectivity index (χ1v) is 8.57. The summed E-state index contributed by atoms with van der Waals surface area (Å²) in [6, 6.07) is 7.82. The van der Waals surface area contributed by atoms with Gasteiger partial charge in [-0.25, -0.2) is 4.79 Å². The summed E-state index contributed by atoms with van der Waals surface area (Å²) in [6.45, 7) is -0.592. The van der Waals surface area contributed by atoms with Crippen molar-refractivity contribution in [3.05, 3.63) is 35.9 Å². The Morgan fingerprint density at radius 2 is 1.39 bits per heavy atom. The number of esters is 1. The molecule has 2 fully saturated rings. The van der Waals surface area contributed by atoms with Crippen LogP contribution in [-0.4, -0.2) is 98.7 Å². The quantitative estimate of drug-likeness (QED) is 0.278. The molecule has 2 aliphatic heterocycles. The van der Waals surface area contributed by atoms with E-state index < -0.39 is 68.1 Å². The fourth-order valence-corrected chi connectivity index (χ4v) is 2.89. The smallest absolute Gasteiger partial charge is 0.340 e. The molecule has 11 nitrogen and oxygen atoms in total. The maximum absolute atomic E-state index is 12.2. The van der Waals surface area contributed by atoms with Crippen LogP contribution in [0.2, 0.25) is 0 Å². The van der Waals surface area contributed by atoms with Crippen molar-refractivity contribution < 1.29 is 54.4 Å². The van der Waals surface area contributed by atoms with Crippen LogP contribution in [0.5, 0.6) is 0 Å². The molecular weight excluding hydrogens is 380 g/mol. The van der Waals surface area contributed by atoms with Gasteiger partial charge in [0.2, 0.25) is 6.29 Å². The predicted octanol–water partition coefficient (Wildman–Crippen LogP) is -2.94. The number of hydrogen-bond acceptors (Lipinski definition) is 11. The average molecular weight is 402 g/mol. The molecule has 3 rings (SSSR count). The summed E-state index contributed by atoms with van der Waals surface area (Å²) in [6.07, 6.45) is -14.3. The Morgan fingerprint density at radius 1 is 0.821 bits per heavy atom. The predicted molar refractivity (Wildman–Crippen MR) is 87.4 cm³/mol. The summed E-state index contributed by atoms with van der Waals surface area (Å²) in [5.74, 6) is -0.847. The van der Waals surface area contributed by atoms with Crippen molar-refractivity contribution in [3.8, 4) is 0 Å². The maximum atomic E-state index is 12.2. The van der Waals surface area contributed by atoms with E-state index in [4.69, 9.17) is 24.1 Å². The standard InChI is InChI=1S/C17H22O11/c18-6-8-9(19)11(21)15(25-8)27-17-13(23)10(20)12(22)16(28-17)26-14(24)7-4-2-1-3-5-7/h1-5,8-13,15-23H,6H2. The highest BCUT2D eigenvalue weighted by Crippen LogP contribution is 2.29. The zero-order valence-electron chi connectivity index (χ0n) is 14.5. The van der Waals surface area contributed by atoms with Gasteiger partial charge in [-0.2, -0.15) is 0 Å². The summed E-state index contributed by atoms with van der Waals surface area (Å²) < 4.78 is 20.6. The highest BCUT2D eigenvalue weighted by Gasteiger charge is 2.50. The van der Waals surface area contributed by atoms with E-state index in [2.05, 4.69) is 0 Å². The lowest BCUT2D eigenvalue weighted by Gasteiger charge is -2.40. The van der Waals surface area contributed by atoms with E-state index >= 15 is 0 Å². The lowest BCUT2D eigenvalue weighted by molar-refractivity contribution is -0.368. The Hall–Kier alpha value is -1.67. The van der Waals surface area contributed by atoms with Gasteiger partial charge in [-0.05, 0) is 12.1 Å². The van der Waals surface area contributed by atoms with E-state index in [0.717, 1.165) is 0 Å². The van der Waals surface area contributed by atoms with Crippen molar-refractivity contribution in [3.63, 3.8) is 0 Å². The molecule has 0 amide bonds. The highest BCUT2D eigenvalue weighted by molar-refractivity contribution is 5.89. The molecule has 28 heavy (non-hydrogen) atoms. The molecule has 9 unspecified atom stereocenters. The first-order chi connectivity index (χ1) is 13.3. The Bertz CT molecular complexity index is 656. The fourth-order valence-electron chi connectivity index (χ4n) is 2.89. The van der Waals surface area contributed by atoms with Gasteiger partial charge in [-0.3, -0.25) is 0 Å². The minimum atomic E-state index is -1.80. The maximum Gasteiger partial charge on any atom is 0.340 e. The van der Waals surface area contributed by atoms with Gasteiger partial charge in [0.05, 0.1) is 12.2 Å². The Balaban J connectivity index is 1.68. The summed E-state index contributed by atoms with van der Waals surface area (Å²) in [5.41, 5.74) is 0.167. The summed E-state index contributed by atoms with van der Waals surface area (Å²) in [4.78, 5) is 12.2. The van der Waals surface area contributed by atoms with Crippen LogP contribution in [-0.2, 0) is 18.9 Å². The molecule has 0 spiro atoms. The fraction of sp³-hybridized carbons (Fsp3) is 0.588. The first-order valence-electron chi connectivity index (χ1n) is 8.57. The zero-order chi connectivity index (χ0) is 20.4. The lowest BCUT2D eigenvalue weighted by Crippen LogP contribution is -2.60. The van der Waals surface area contributed by atoms with Gasteiger partial charge >= 0.3 is 5.97 Å². The second-order valence-electron chi connectivity index (χ2n) is 6.46. The number of hydrogen-bond donors (Lipinski definition) is 6. The minimum absolute atomic E-state index is 0.167. The third-order valence-corrected chi connectivity index (χ3v) is 4.53. The van der Waals surface area contributed by atoms with Crippen molar-refractivity contribution in [2.45, 2.75) is 55.5 Å². The molecule has 2 heterocycles. The highest BCUT2D eigenvalue weighted by atomic mass is 16.8. The monoisotopic (exact) mass is 402 g/mol. The molecule has 6 N–H and O–H groups in total. The third kappa shape index (κ3) is 4.17. The number of ether oxygens (including phenoxy) is 4. The second-order valence-corrected chi connectivity index (χ2v) is 6.46. The van der Waals surface area contributed by atoms with Crippen molar-refractivity contribution >= 4 is 5.97 Å². The summed E-state index contributed by atoms with van der Waals surface area (Å²) in [5, 5.41) is 58.9. The van der Waals surface area contributed by atoms with E-state index in [-0.39, 0.29) is 5.56 Å². The molecule has 2 aliphatic rings. The van der Waals surface area contributed by atoms with Crippen molar-refractivity contribution in [2.24, 2.45) is 0 Å². The molecule has 0 aliphatic carbocycles. The number of carbonyl (C=O) groups excluding carboxylic acids is 1. The van der Waals surface area contributed by atoms with Crippen molar-refractivity contribution in [1.29, 1.82) is 0 Å². The largest absolute Gasteiger partial charge is 0.429 e. The van der Waals surface area contributed by atoms with Crippen LogP contribution in [0.3, 0.4) is 0 Å². The lowest BCUT2D eigenvalue weighted by atomic mass is 10.0. The minimum Gasteiger partial charge on any atom is -0.429 e. The van der Waals surface area contributed by atoms with Crippen molar-refractivity contribution in [2.75, 3.05) is 6.61 Å². The van der Waals surface area contributed by atoms with Gasteiger partial charge in [0.1, 0.15) is 36.6 Å². The summed E-state index contributed by atoms with van der Waals surface area (Å²) >= 11 is 0. The Labute approximate surface area is 159 Å². The van der Waals surface area contributed by atoms with E-state index in [9.17, 15) is 30.3 Å². The number of aliphatic hydroxyl groups excluding tert-OH is 6. The van der Waals surface area contributed by atoms with Crippen molar-refractivity contribution in [1.82, 2.24) is 0 Å². The second kappa shape index (κ2) is 8.78. The topological polar surface area (TPSA) is 175 Å². The Kier molecular flexibility index (Phi) is 6.60. The average Bonchev–Trinajstić information content (AvgIpc) is 2.98. The number of aliphatic hydroxyl groups is 6. The molecule has 11 heteroatoms. The Morgan fingerprint density at radius 3 is 2.00 bits per heavy atom. The molecular formula is C17H22O11. The molecule has 0 bridgehead atoms. The first kappa shape index (κ1) is 21.0. The van der Waals surface area contributed by atoms with Gasteiger partial charge in [-0.15, -0.1) is 0 Å². The number of carbonyl (C=O) groups is 1. The van der Waals surface area contributed by atoms with Crippen LogP contribution in [0.4, 0.5) is 0 Å². The van der Waals surface area contributed by atoms with Gasteiger partial charge in [0.25, 0.3) is 0 Å². The molecule has 0 radical (unpaired) electrons. The normalized spacial score (nSPS) is 41.0. The van der Waals surface area contributed by atoms with E-state index in [0.29, 0.717) is 0 Å². The molecule has 9 atom stereocenters. The molecule has 1 aromatic rings. The molecule has 0 saturated carbocycles. The third-order valence-electron chi connectivity index (χ3n) is 4.53. The van der Waals surface area contributed by atoms with E-state index in [1.807, 2.05) is 0 Å². The van der Waals surface area contributed by atoms with E-state index in [1.54, 1.807) is 18.2 Å². The number of benzene rings is 1. The van der Waals surface area contributed by atoms with Gasteiger partial charge in [-0.1, -0.05) is 18.2 Å². The SMILES string of the molecule is O=C(OC1OC(OC2OC(CO)C(O)C2O)C(O)C(O)C1O)c1ccccc1. The molecule has 0 aromatic heterocycles. The zero-order valence-corrected chi connectivity index (χ0v) is 14.5. The van der Waals surface area contributed by atoms with Crippen LogP contribution < -0.4 is 0 Å². The van der Waals surface area contributed by atoms with Gasteiger partial charge in [0.15, 0.2) is 12.6 Å². The van der Waals surface area contributed by atoms with Crippen LogP contribution in [0.1, 0.15) is 10.4 Å². The van der Waals surface area contributed by atoms with Crippen LogP contribution in [0.25, 0.3) is 0 Å². The van der Waals surface area contributed by atoms with Crippen LogP contribution in [0, 0.1) is 0 Å². The van der Waals surface area contributed by atoms with Gasteiger partial charge < -0.3 is 49.6 Å². The molecule has 1 aromatic carbocycles. The summed E-state index contributed by atoms with van der Waals surface area (Å²) in [7, 11) is 0. The van der Waals surface area contributed by atoms with E-state index in [1.165, 1.54) is 12.1 Å². The van der Waals surface area contributed by atoms with Crippen LogP contribution >= 0.6 is 0 Å².